The number of rotatable bonds is 7. The molecule has 0 radical (unpaired) electrons. The molecular formula is C20H23IN6O4. The summed E-state index contributed by atoms with van der Waals surface area (Å²) >= 11 is 2.16. The third-order valence-electron chi connectivity index (χ3n) is 5.28. The highest BCUT2D eigenvalue weighted by molar-refractivity contribution is 14.1. The van der Waals surface area contributed by atoms with E-state index in [9.17, 15) is 9.59 Å². The lowest BCUT2D eigenvalue weighted by Crippen LogP contribution is -2.50. The second-order valence-electron chi connectivity index (χ2n) is 7.41. The molecule has 1 saturated heterocycles. The normalized spacial score (nSPS) is 14.1. The molecule has 31 heavy (non-hydrogen) atoms. The van der Waals surface area contributed by atoms with E-state index in [1.165, 1.54) is 4.90 Å². The second kappa shape index (κ2) is 8.81. The Kier molecular flexibility index (Phi) is 6.12. The number of unbranched alkanes of at least 4 members (excludes halogenated alkanes) is 1. The zero-order valence-corrected chi connectivity index (χ0v) is 19.4. The summed E-state index contributed by atoms with van der Waals surface area (Å²) in [5.74, 6) is 0.808. The number of nitrogens with one attached hydrogen (secondary N) is 1. The minimum Gasteiger partial charge on any atom is -0.477 e. The first-order chi connectivity index (χ1) is 14.9. The van der Waals surface area contributed by atoms with Crippen molar-refractivity contribution < 1.29 is 14.6 Å². The standard InChI is InChI=1S/C20H23IN6O4/c1-3-5-6-31-19-13(7-11(21)8-22-19)17-23-15-14(4-2)27(25-16(15)18(28)24-17)12-9-26(10-12)20(29)30/h7-8,12H,3-6,9-10H2,1-2H3,(H,29,30)(H,23,24,28). The van der Waals surface area contributed by atoms with Crippen molar-refractivity contribution in [3.05, 3.63) is 31.9 Å². The molecule has 0 unspecified atom stereocenters. The number of aromatic amines is 1. The number of aromatic nitrogens is 5. The van der Waals surface area contributed by atoms with Gasteiger partial charge in [-0.15, -0.1) is 0 Å². The number of hydrogen-bond acceptors (Lipinski definition) is 6. The van der Waals surface area contributed by atoms with Crippen LogP contribution in [0.15, 0.2) is 17.1 Å². The van der Waals surface area contributed by atoms with Gasteiger partial charge in [-0.05, 0) is 41.5 Å². The smallest absolute Gasteiger partial charge is 0.407 e. The molecule has 10 nitrogen and oxygen atoms in total. The lowest BCUT2D eigenvalue weighted by Gasteiger charge is -2.37. The van der Waals surface area contributed by atoms with Crippen molar-refractivity contribution in [2.24, 2.45) is 0 Å². The van der Waals surface area contributed by atoms with E-state index in [0.29, 0.717) is 48.9 Å². The summed E-state index contributed by atoms with van der Waals surface area (Å²) in [5, 5.41) is 13.6. The Morgan fingerprint density at radius 1 is 1.35 bits per heavy atom. The fraction of sp³-hybridized carbons (Fsp3) is 0.450. The third-order valence-corrected chi connectivity index (χ3v) is 5.87. The van der Waals surface area contributed by atoms with Gasteiger partial charge in [-0.25, -0.2) is 14.8 Å². The molecule has 0 aliphatic carbocycles. The van der Waals surface area contributed by atoms with E-state index in [1.54, 1.807) is 10.9 Å². The maximum atomic E-state index is 12.9. The van der Waals surface area contributed by atoms with Crippen LogP contribution in [-0.2, 0) is 6.42 Å². The molecule has 0 bridgehead atoms. The van der Waals surface area contributed by atoms with Crippen molar-refractivity contribution in [3.8, 4) is 17.3 Å². The minimum absolute atomic E-state index is 0.102. The molecule has 1 aliphatic heterocycles. The zero-order valence-electron chi connectivity index (χ0n) is 17.3. The van der Waals surface area contributed by atoms with Crippen LogP contribution in [0.4, 0.5) is 4.79 Å². The molecule has 1 fully saturated rings. The Bertz CT molecular complexity index is 1180. The van der Waals surface area contributed by atoms with Gasteiger partial charge < -0.3 is 19.7 Å². The number of fused-ring (bicyclic) bond motifs is 1. The van der Waals surface area contributed by atoms with Gasteiger partial charge in [-0.1, -0.05) is 20.3 Å². The zero-order chi connectivity index (χ0) is 22.1. The van der Waals surface area contributed by atoms with Crippen LogP contribution < -0.4 is 10.3 Å². The lowest BCUT2D eigenvalue weighted by molar-refractivity contribution is 0.0804. The minimum atomic E-state index is -0.953. The van der Waals surface area contributed by atoms with Gasteiger partial charge in [-0.2, -0.15) is 5.10 Å². The molecule has 1 amide bonds. The molecule has 164 valence electrons. The predicted octanol–water partition coefficient (Wildman–Crippen LogP) is 3.06. The van der Waals surface area contributed by atoms with Crippen molar-refractivity contribution in [2.75, 3.05) is 19.7 Å². The van der Waals surface area contributed by atoms with Crippen molar-refractivity contribution in [3.63, 3.8) is 0 Å². The van der Waals surface area contributed by atoms with E-state index >= 15 is 0 Å². The van der Waals surface area contributed by atoms with E-state index in [1.807, 2.05) is 13.0 Å². The number of pyridine rings is 1. The number of hydrogen-bond donors (Lipinski definition) is 2. The van der Waals surface area contributed by atoms with Crippen LogP contribution in [0.2, 0.25) is 0 Å². The van der Waals surface area contributed by atoms with Crippen LogP contribution >= 0.6 is 22.6 Å². The molecule has 11 heteroatoms. The van der Waals surface area contributed by atoms with Gasteiger partial charge >= 0.3 is 6.09 Å². The number of H-pyrrole nitrogens is 1. The number of amides is 1. The van der Waals surface area contributed by atoms with Gasteiger partial charge in [0.05, 0.1) is 23.9 Å². The molecule has 1 aliphatic rings. The summed E-state index contributed by atoms with van der Waals surface area (Å²) in [5.41, 5.74) is 1.86. The third kappa shape index (κ3) is 4.10. The largest absolute Gasteiger partial charge is 0.477 e. The van der Waals surface area contributed by atoms with Crippen LogP contribution in [0.25, 0.3) is 22.4 Å². The van der Waals surface area contributed by atoms with Crippen LogP contribution in [0.3, 0.4) is 0 Å². The fourth-order valence-electron chi connectivity index (χ4n) is 3.59. The Balaban J connectivity index is 1.77. The quantitative estimate of drug-likeness (QED) is 0.350. The van der Waals surface area contributed by atoms with Crippen LogP contribution in [0.5, 0.6) is 5.88 Å². The molecular weight excluding hydrogens is 515 g/mol. The average Bonchev–Trinajstić information content (AvgIpc) is 3.06. The predicted molar refractivity (Wildman–Crippen MR) is 123 cm³/mol. The van der Waals surface area contributed by atoms with Gasteiger partial charge in [0, 0.05) is 22.9 Å². The van der Waals surface area contributed by atoms with Crippen LogP contribution in [0.1, 0.15) is 38.4 Å². The van der Waals surface area contributed by atoms with Crippen molar-refractivity contribution in [1.82, 2.24) is 29.6 Å². The molecule has 0 aromatic carbocycles. The fourth-order valence-corrected chi connectivity index (χ4v) is 4.04. The lowest BCUT2D eigenvalue weighted by atomic mass is 10.1. The number of aryl methyl sites for hydroxylation is 1. The number of likely N-dealkylation sites (tertiary alicyclic amines) is 1. The summed E-state index contributed by atoms with van der Waals surface area (Å²) < 4.78 is 8.49. The molecule has 0 spiro atoms. The molecule has 4 heterocycles. The number of carbonyl (C=O) groups is 1. The molecule has 3 aromatic heterocycles. The second-order valence-corrected chi connectivity index (χ2v) is 8.65. The first-order valence-corrected chi connectivity index (χ1v) is 11.3. The Hall–Kier alpha value is -2.70. The summed E-state index contributed by atoms with van der Waals surface area (Å²) in [6.45, 7) is 5.27. The van der Waals surface area contributed by atoms with Crippen molar-refractivity contribution >= 4 is 39.7 Å². The van der Waals surface area contributed by atoms with Gasteiger partial charge in [0.15, 0.2) is 5.52 Å². The molecule has 0 atom stereocenters. The number of halogens is 1. The number of carboxylic acid groups (broad SMARTS) is 1. The van der Waals surface area contributed by atoms with Gasteiger partial charge in [0.2, 0.25) is 5.88 Å². The van der Waals surface area contributed by atoms with Gasteiger partial charge in [-0.3, -0.25) is 9.48 Å². The Morgan fingerprint density at radius 3 is 2.81 bits per heavy atom. The van der Waals surface area contributed by atoms with Crippen molar-refractivity contribution in [1.29, 1.82) is 0 Å². The summed E-state index contributed by atoms with van der Waals surface area (Å²) in [6, 6.07) is 1.78. The van der Waals surface area contributed by atoms with Gasteiger partial charge in [0.1, 0.15) is 11.3 Å². The first kappa shape index (κ1) is 21.5. The highest BCUT2D eigenvalue weighted by Crippen LogP contribution is 2.30. The SMILES string of the molecule is CCCCOc1ncc(I)cc1-c1nc2c(CC)n(C3CN(C(=O)O)C3)nc2c(=O)[nH]1. The first-order valence-electron chi connectivity index (χ1n) is 10.2. The van der Waals surface area contributed by atoms with Crippen molar-refractivity contribution in [2.45, 2.75) is 39.2 Å². The van der Waals surface area contributed by atoms with E-state index in [0.717, 1.165) is 22.1 Å². The molecule has 2 N–H and O–H groups in total. The Morgan fingerprint density at radius 2 is 2.13 bits per heavy atom. The van der Waals surface area contributed by atoms with Crippen LogP contribution in [0, 0.1) is 3.57 Å². The number of ether oxygens (including phenoxy) is 1. The topological polar surface area (TPSA) is 126 Å². The monoisotopic (exact) mass is 538 g/mol. The average molecular weight is 538 g/mol. The van der Waals surface area contributed by atoms with E-state index in [2.05, 4.69) is 44.6 Å². The Labute approximate surface area is 191 Å². The molecule has 0 saturated carbocycles. The van der Waals surface area contributed by atoms with E-state index < -0.39 is 6.09 Å². The summed E-state index contributed by atoms with van der Waals surface area (Å²) in [7, 11) is 0. The van der Waals surface area contributed by atoms with E-state index in [-0.39, 0.29) is 17.1 Å². The maximum Gasteiger partial charge on any atom is 0.407 e. The summed E-state index contributed by atoms with van der Waals surface area (Å²) in [6.07, 6.45) is 3.27. The van der Waals surface area contributed by atoms with Crippen LogP contribution in [-0.4, -0.2) is 60.5 Å². The molecule has 4 rings (SSSR count). The summed E-state index contributed by atoms with van der Waals surface area (Å²) in [4.78, 5) is 37.2. The maximum absolute atomic E-state index is 12.9. The number of nitrogens with zero attached hydrogens (tertiary/aromatic N) is 5. The van der Waals surface area contributed by atoms with E-state index in [4.69, 9.17) is 14.8 Å². The van der Waals surface area contributed by atoms with Gasteiger partial charge in [0.25, 0.3) is 5.56 Å². The highest BCUT2D eigenvalue weighted by atomic mass is 127. The molecule has 3 aromatic rings. The highest BCUT2D eigenvalue weighted by Gasteiger charge is 2.34.